The molecule has 0 aromatic heterocycles. The van der Waals surface area contributed by atoms with Crippen LogP contribution in [0, 0.1) is 5.92 Å². The van der Waals surface area contributed by atoms with Gasteiger partial charge in [0.2, 0.25) is 23.6 Å². The van der Waals surface area contributed by atoms with Crippen LogP contribution in [0.15, 0.2) is 0 Å². The van der Waals surface area contributed by atoms with E-state index in [1.54, 1.807) is 0 Å². The van der Waals surface area contributed by atoms with Crippen molar-refractivity contribution in [2.75, 3.05) is 6.61 Å². The molecular weight excluding hydrogens is 244 g/mol. The number of amides is 4. The lowest BCUT2D eigenvalue weighted by molar-refractivity contribution is -0.147. The van der Waals surface area contributed by atoms with Crippen molar-refractivity contribution in [2.24, 2.45) is 5.92 Å². The standard InChI is InChI=1S/C10H14N2O6/c1-5(13)11-9(16)8(4-18-7(3)15)10(17)12-6(2)14/h8H,4H2,1-3H3,(H,11,13,16)(H,12,14,17). The van der Waals surface area contributed by atoms with Crippen molar-refractivity contribution in [1.29, 1.82) is 0 Å². The first-order valence-corrected chi connectivity index (χ1v) is 5.00. The molecule has 0 rings (SSSR count). The summed E-state index contributed by atoms with van der Waals surface area (Å²) in [7, 11) is 0. The Hall–Kier alpha value is -2.25. The normalized spacial score (nSPS) is 9.56. The van der Waals surface area contributed by atoms with Crippen molar-refractivity contribution in [2.45, 2.75) is 20.8 Å². The summed E-state index contributed by atoms with van der Waals surface area (Å²) in [6.45, 7) is 2.73. The Morgan fingerprint density at radius 3 is 1.56 bits per heavy atom. The van der Waals surface area contributed by atoms with Crippen LogP contribution in [0.25, 0.3) is 0 Å². The van der Waals surface area contributed by atoms with Gasteiger partial charge in [0.05, 0.1) is 0 Å². The molecule has 0 radical (unpaired) electrons. The first-order chi connectivity index (χ1) is 8.23. The number of esters is 1. The fourth-order valence-electron chi connectivity index (χ4n) is 0.992. The monoisotopic (exact) mass is 258 g/mol. The zero-order valence-electron chi connectivity index (χ0n) is 10.2. The van der Waals surface area contributed by atoms with Crippen LogP contribution < -0.4 is 10.6 Å². The molecule has 0 saturated heterocycles. The first-order valence-electron chi connectivity index (χ1n) is 5.00. The molecule has 0 aliphatic rings. The highest BCUT2D eigenvalue weighted by Crippen LogP contribution is 1.99. The molecule has 0 atom stereocenters. The highest BCUT2D eigenvalue weighted by Gasteiger charge is 2.29. The van der Waals surface area contributed by atoms with E-state index in [1.807, 2.05) is 10.6 Å². The van der Waals surface area contributed by atoms with E-state index in [1.165, 1.54) is 0 Å². The lowest BCUT2D eigenvalue weighted by atomic mass is 10.1. The number of hydrogen-bond donors (Lipinski definition) is 2. The first kappa shape index (κ1) is 15.8. The number of carbonyl (C=O) groups excluding carboxylic acids is 5. The number of imide groups is 2. The number of rotatable bonds is 4. The average Bonchev–Trinajstić information content (AvgIpc) is 2.14. The van der Waals surface area contributed by atoms with E-state index in [-0.39, 0.29) is 0 Å². The van der Waals surface area contributed by atoms with Gasteiger partial charge in [-0.2, -0.15) is 0 Å². The van der Waals surface area contributed by atoms with Crippen LogP contribution in [0.5, 0.6) is 0 Å². The highest BCUT2D eigenvalue weighted by atomic mass is 16.5. The lowest BCUT2D eigenvalue weighted by Crippen LogP contribution is -2.46. The average molecular weight is 258 g/mol. The summed E-state index contributed by atoms with van der Waals surface area (Å²) in [6.07, 6.45) is 0. The number of hydrogen-bond acceptors (Lipinski definition) is 6. The number of ether oxygens (including phenoxy) is 1. The quantitative estimate of drug-likeness (QED) is 0.467. The second-order valence-electron chi connectivity index (χ2n) is 3.45. The van der Waals surface area contributed by atoms with Gasteiger partial charge in [-0.15, -0.1) is 0 Å². The SMILES string of the molecule is CC(=O)NC(=O)C(COC(C)=O)C(=O)NC(C)=O. The van der Waals surface area contributed by atoms with E-state index in [9.17, 15) is 24.0 Å². The zero-order chi connectivity index (χ0) is 14.3. The fourth-order valence-corrected chi connectivity index (χ4v) is 0.992. The minimum atomic E-state index is -1.46. The molecule has 100 valence electrons. The molecule has 0 bridgehead atoms. The third-order valence-corrected chi connectivity index (χ3v) is 1.68. The Morgan fingerprint density at radius 1 is 0.889 bits per heavy atom. The van der Waals surface area contributed by atoms with Crippen LogP contribution in [0.2, 0.25) is 0 Å². The van der Waals surface area contributed by atoms with E-state index in [2.05, 4.69) is 4.74 Å². The van der Waals surface area contributed by atoms with Crippen LogP contribution in [0.4, 0.5) is 0 Å². The summed E-state index contributed by atoms with van der Waals surface area (Å²) in [6, 6.07) is 0. The largest absolute Gasteiger partial charge is 0.464 e. The van der Waals surface area contributed by atoms with E-state index in [0.717, 1.165) is 20.8 Å². The van der Waals surface area contributed by atoms with Crippen molar-refractivity contribution in [3.8, 4) is 0 Å². The predicted molar refractivity (Wildman–Crippen MR) is 57.8 cm³/mol. The molecule has 0 aliphatic heterocycles. The second kappa shape index (κ2) is 7.15. The maximum Gasteiger partial charge on any atom is 0.302 e. The number of nitrogens with one attached hydrogen (secondary N) is 2. The summed E-state index contributed by atoms with van der Waals surface area (Å²) in [5.41, 5.74) is 0. The van der Waals surface area contributed by atoms with Gasteiger partial charge in [-0.3, -0.25) is 34.6 Å². The van der Waals surface area contributed by atoms with E-state index in [4.69, 9.17) is 0 Å². The third kappa shape index (κ3) is 6.36. The minimum Gasteiger partial charge on any atom is -0.464 e. The smallest absolute Gasteiger partial charge is 0.302 e. The predicted octanol–water partition coefficient (Wildman–Crippen LogP) is -1.51. The zero-order valence-corrected chi connectivity index (χ0v) is 10.2. The van der Waals surface area contributed by atoms with Gasteiger partial charge in [-0.25, -0.2) is 0 Å². The molecule has 4 amide bonds. The molecule has 18 heavy (non-hydrogen) atoms. The van der Waals surface area contributed by atoms with E-state index >= 15 is 0 Å². The number of carbonyl (C=O) groups is 5. The van der Waals surface area contributed by atoms with Gasteiger partial charge in [0.15, 0.2) is 5.92 Å². The Balaban J connectivity index is 4.74. The summed E-state index contributed by atoms with van der Waals surface area (Å²) in [5, 5.41) is 3.76. The van der Waals surface area contributed by atoms with E-state index in [0.29, 0.717) is 0 Å². The third-order valence-electron chi connectivity index (χ3n) is 1.68. The van der Waals surface area contributed by atoms with Gasteiger partial charge in [0.25, 0.3) is 0 Å². The molecule has 0 aromatic carbocycles. The molecule has 0 aliphatic carbocycles. The van der Waals surface area contributed by atoms with E-state index < -0.39 is 42.1 Å². The van der Waals surface area contributed by atoms with Gasteiger partial charge < -0.3 is 4.74 Å². The molecule has 0 spiro atoms. The van der Waals surface area contributed by atoms with Crippen molar-refractivity contribution < 1.29 is 28.7 Å². The van der Waals surface area contributed by atoms with Gasteiger partial charge in [-0.1, -0.05) is 0 Å². The van der Waals surface area contributed by atoms with Crippen molar-refractivity contribution in [3.63, 3.8) is 0 Å². The topological polar surface area (TPSA) is 119 Å². The molecule has 0 saturated carbocycles. The summed E-state index contributed by atoms with van der Waals surface area (Å²) >= 11 is 0. The minimum absolute atomic E-state index is 0.548. The van der Waals surface area contributed by atoms with Crippen LogP contribution in [0.3, 0.4) is 0 Å². The summed E-state index contributed by atoms with van der Waals surface area (Å²) < 4.78 is 4.53. The summed E-state index contributed by atoms with van der Waals surface area (Å²) in [5.74, 6) is -5.36. The Labute approximate surface area is 103 Å². The van der Waals surface area contributed by atoms with Crippen LogP contribution in [-0.4, -0.2) is 36.2 Å². The molecule has 8 heteroatoms. The Bertz CT molecular complexity index is 362. The van der Waals surface area contributed by atoms with Gasteiger partial charge in [0.1, 0.15) is 6.61 Å². The summed E-state index contributed by atoms with van der Waals surface area (Å²) in [4.78, 5) is 55.0. The van der Waals surface area contributed by atoms with Crippen molar-refractivity contribution in [1.82, 2.24) is 10.6 Å². The molecule has 0 fully saturated rings. The molecule has 0 heterocycles. The van der Waals surface area contributed by atoms with Crippen molar-refractivity contribution in [3.05, 3.63) is 0 Å². The maximum absolute atomic E-state index is 11.5. The van der Waals surface area contributed by atoms with Crippen molar-refractivity contribution >= 4 is 29.6 Å². The van der Waals surface area contributed by atoms with Crippen LogP contribution >= 0.6 is 0 Å². The molecule has 8 nitrogen and oxygen atoms in total. The Morgan fingerprint density at radius 2 is 1.28 bits per heavy atom. The molecular formula is C10H14N2O6. The Kier molecular flexibility index (Phi) is 6.26. The van der Waals surface area contributed by atoms with Gasteiger partial charge in [0, 0.05) is 20.8 Å². The maximum atomic E-state index is 11.5. The second-order valence-corrected chi connectivity index (χ2v) is 3.45. The molecule has 0 unspecified atom stereocenters. The van der Waals surface area contributed by atoms with Crippen LogP contribution in [-0.2, 0) is 28.7 Å². The van der Waals surface area contributed by atoms with Gasteiger partial charge >= 0.3 is 5.97 Å². The van der Waals surface area contributed by atoms with Crippen LogP contribution in [0.1, 0.15) is 20.8 Å². The fraction of sp³-hybridized carbons (Fsp3) is 0.500. The molecule has 2 N–H and O–H groups in total. The molecule has 0 aromatic rings. The van der Waals surface area contributed by atoms with Gasteiger partial charge in [-0.05, 0) is 0 Å². The highest BCUT2D eigenvalue weighted by molar-refractivity contribution is 6.09. The lowest BCUT2D eigenvalue weighted by Gasteiger charge is -2.14.